The normalized spacial score (nSPS) is 25.6. The van der Waals surface area contributed by atoms with Crippen molar-refractivity contribution in [2.45, 2.75) is 50.4 Å². The van der Waals surface area contributed by atoms with Crippen molar-refractivity contribution >= 4 is 46.0 Å². The van der Waals surface area contributed by atoms with Crippen LogP contribution in [0.4, 0.5) is 13.2 Å². The fourth-order valence-corrected chi connectivity index (χ4v) is 6.54. The molecule has 0 bridgehead atoms. The van der Waals surface area contributed by atoms with Crippen LogP contribution in [0.15, 0.2) is 18.2 Å². The highest BCUT2D eigenvalue weighted by Gasteiger charge is 2.50. The van der Waals surface area contributed by atoms with Crippen LogP contribution in [0.1, 0.15) is 48.2 Å². The monoisotopic (exact) mass is 568 g/mol. The number of ketones is 1. The first-order valence-electron chi connectivity index (χ1n) is 12.9. The minimum absolute atomic E-state index is 0.00499. The zero-order valence-corrected chi connectivity index (χ0v) is 21.6. The molecule has 1 aromatic heterocycles. The predicted molar refractivity (Wildman–Crippen MR) is 134 cm³/mol. The second kappa shape index (κ2) is 10.5. The fourth-order valence-electron chi connectivity index (χ4n) is 6.27. The van der Waals surface area contributed by atoms with E-state index in [-0.39, 0.29) is 52.3 Å². The maximum atomic E-state index is 13.6. The standard InChI is InChI=1S/C26H28ClF3N4O5/c27-17-7-14(26(28,29)30)8-18-16(17)9-20(32-18)25(39)34-10-13-2-1-3-15(13)22(34)24(38)33-19(21(36)11-35)6-12-4-5-31-23(12)37/h7-9,12-13,15,19,22,32,35H,1-6,10-11H2,(H,31,37)(H,33,38)/t12-,13-,15-,19?,22-/m0/s1. The number of hydrogen-bond donors (Lipinski definition) is 4. The lowest BCUT2D eigenvalue weighted by Crippen LogP contribution is -2.53. The first kappa shape index (κ1) is 27.4. The van der Waals surface area contributed by atoms with E-state index in [0.29, 0.717) is 19.4 Å². The van der Waals surface area contributed by atoms with Crippen LogP contribution in [-0.2, 0) is 20.6 Å². The molecule has 2 aliphatic heterocycles. The Bertz CT molecular complexity index is 1330. The lowest BCUT2D eigenvalue weighted by Gasteiger charge is -2.29. The molecule has 1 saturated carbocycles. The number of hydrogen-bond acceptors (Lipinski definition) is 5. The summed E-state index contributed by atoms with van der Waals surface area (Å²) in [7, 11) is 0. The molecule has 2 saturated heterocycles. The van der Waals surface area contributed by atoms with E-state index in [4.69, 9.17) is 11.6 Å². The van der Waals surface area contributed by atoms with Crippen molar-refractivity contribution < 1.29 is 37.5 Å². The molecule has 13 heteroatoms. The Hall–Kier alpha value is -3.12. The van der Waals surface area contributed by atoms with E-state index in [1.54, 1.807) is 0 Å². The zero-order chi connectivity index (χ0) is 28.1. The van der Waals surface area contributed by atoms with Gasteiger partial charge in [0.2, 0.25) is 11.8 Å². The maximum absolute atomic E-state index is 13.6. The number of aromatic amines is 1. The van der Waals surface area contributed by atoms with Gasteiger partial charge in [-0.3, -0.25) is 19.2 Å². The van der Waals surface area contributed by atoms with Crippen LogP contribution in [0.25, 0.3) is 10.9 Å². The van der Waals surface area contributed by atoms with Crippen molar-refractivity contribution in [3.63, 3.8) is 0 Å². The van der Waals surface area contributed by atoms with Gasteiger partial charge >= 0.3 is 6.18 Å². The smallest absolute Gasteiger partial charge is 0.389 e. The molecule has 5 rings (SSSR count). The summed E-state index contributed by atoms with van der Waals surface area (Å²) in [4.78, 5) is 55.9. The fraction of sp³-hybridized carbons (Fsp3) is 0.538. The number of nitrogens with one attached hydrogen (secondary N) is 3. The number of rotatable bonds is 7. The molecule has 210 valence electrons. The predicted octanol–water partition coefficient (Wildman–Crippen LogP) is 2.65. The number of aliphatic hydroxyl groups excluding tert-OH is 1. The Kier molecular flexibility index (Phi) is 7.36. The van der Waals surface area contributed by atoms with Crippen LogP contribution in [-0.4, -0.2) is 70.3 Å². The number of halogens is 4. The summed E-state index contributed by atoms with van der Waals surface area (Å²) in [5.74, 6) is -2.56. The van der Waals surface area contributed by atoms with E-state index in [1.807, 2.05) is 0 Å². The molecule has 9 nitrogen and oxygen atoms in total. The number of aliphatic hydroxyl groups is 1. The van der Waals surface area contributed by atoms with Crippen LogP contribution < -0.4 is 10.6 Å². The number of alkyl halides is 3. The van der Waals surface area contributed by atoms with Crippen molar-refractivity contribution in [3.8, 4) is 0 Å². The lowest BCUT2D eigenvalue weighted by molar-refractivity contribution is -0.137. The summed E-state index contributed by atoms with van der Waals surface area (Å²) in [5.41, 5.74) is -0.916. The van der Waals surface area contributed by atoms with E-state index < -0.39 is 53.9 Å². The maximum Gasteiger partial charge on any atom is 0.416 e. The van der Waals surface area contributed by atoms with Gasteiger partial charge in [-0.25, -0.2) is 0 Å². The second-order valence-corrected chi connectivity index (χ2v) is 11.0. The average molecular weight is 569 g/mol. The Morgan fingerprint density at radius 2 is 1.95 bits per heavy atom. The second-order valence-electron chi connectivity index (χ2n) is 10.6. The number of fused-ring (bicyclic) bond motifs is 2. The van der Waals surface area contributed by atoms with Crippen LogP contribution >= 0.6 is 11.6 Å². The number of H-pyrrole nitrogens is 1. The van der Waals surface area contributed by atoms with E-state index in [1.165, 1.54) is 11.0 Å². The molecule has 39 heavy (non-hydrogen) atoms. The summed E-state index contributed by atoms with van der Waals surface area (Å²) in [6.07, 6.45) is -1.69. The summed E-state index contributed by atoms with van der Waals surface area (Å²) in [6, 6.07) is 1.04. The third-order valence-electron chi connectivity index (χ3n) is 8.21. The van der Waals surface area contributed by atoms with Crippen molar-refractivity contribution in [3.05, 3.63) is 34.5 Å². The molecule has 1 unspecified atom stereocenters. The molecular formula is C26H28ClF3N4O5. The van der Waals surface area contributed by atoms with Crippen molar-refractivity contribution in [2.24, 2.45) is 17.8 Å². The van der Waals surface area contributed by atoms with Crippen molar-refractivity contribution in [2.75, 3.05) is 19.7 Å². The number of benzene rings is 1. The van der Waals surface area contributed by atoms with Crippen molar-refractivity contribution in [1.29, 1.82) is 0 Å². The van der Waals surface area contributed by atoms with Crippen LogP contribution in [0.2, 0.25) is 5.02 Å². The van der Waals surface area contributed by atoms with Gasteiger partial charge in [-0.15, -0.1) is 0 Å². The molecule has 1 aliphatic carbocycles. The number of likely N-dealkylation sites (tertiary alicyclic amines) is 1. The van der Waals surface area contributed by atoms with Crippen LogP contribution in [0, 0.1) is 17.8 Å². The van der Waals surface area contributed by atoms with Gasteiger partial charge in [0.1, 0.15) is 18.3 Å². The van der Waals surface area contributed by atoms with Gasteiger partial charge in [-0.05, 0) is 55.7 Å². The first-order chi connectivity index (χ1) is 18.5. The molecule has 3 aliphatic rings. The summed E-state index contributed by atoms with van der Waals surface area (Å²) in [6.45, 7) is -0.0678. The SMILES string of the molecule is O=C(CO)C(C[C@@H]1CCNC1=O)NC(=O)[C@@H]1[C@H]2CCC[C@H]2CN1C(=O)c1cc2c(Cl)cc(C(F)(F)F)cc2[nH]1. The van der Waals surface area contributed by atoms with Gasteiger partial charge in [-0.1, -0.05) is 18.0 Å². The molecule has 2 aromatic rings. The Labute approximate surface area is 226 Å². The Balaban J connectivity index is 1.41. The molecule has 3 heterocycles. The highest BCUT2D eigenvalue weighted by molar-refractivity contribution is 6.35. The van der Waals surface area contributed by atoms with Gasteiger partial charge in [0.05, 0.1) is 16.6 Å². The zero-order valence-electron chi connectivity index (χ0n) is 20.8. The molecule has 1 aromatic carbocycles. The number of nitrogens with zero attached hydrogens (tertiary/aromatic N) is 1. The molecule has 3 fully saturated rings. The average Bonchev–Trinajstić information content (AvgIpc) is 3.66. The number of carbonyl (C=O) groups excluding carboxylic acids is 4. The van der Waals surface area contributed by atoms with E-state index in [2.05, 4.69) is 15.6 Å². The molecule has 0 radical (unpaired) electrons. The molecular weight excluding hydrogens is 541 g/mol. The Morgan fingerprint density at radius 1 is 1.18 bits per heavy atom. The van der Waals surface area contributed by atoms with E-state index in [0.717, 1.165) is 25.0 Å². The minimum Gasteiger partial charge on any atom is -0.389 e. The summed E-state index contributed by atoms with van der Waals surface area (Å²) >= 11 is 6.09. The summed E-state index contributed by atoms with van der Waals surface area (Å²) < 4.78 is 39.8. The lowest BCUT2D eigenvalue weighted by atomic mass is 9.92. The van der Waals surface area contributed by atoms with Gasteiger partial charge in [-0.2, -0.15) is 13.2 Å². The third-order valence-corrected chi connectivity index (χ3v) is 8.52. The van der Waals surface area contributed by atoms with E-state index in [9.17, 15) is 37.5 Å². The Morgan fingerprint density at radius 3 is 2.62 bits per heavy atom. The quantitative estimate of drug-likeness (QED) is 0.408. The molecule has 0 spiro atoms. The van der Waals surface area contributed by atoms with Gasteiger partial charge in [0.15, 0.2) is 5.78 Å². The van der Waals surface area contributed by atoms with Crippen LogP contribution in [0.5, 0.6) is 0 Å². The number of aromatic nitrogens is 1. The van der Waals surface area contributed by atoms with Crippen LogP contribution in [0.3, 0.4) is 0 Å². The molecule has 3 amide bonds. The van der Waals surface area contributed by atoms with E-state index >= 15 is 0 Å². The first-order valence-corrected chi connectivity index (χ1v) is 13.3. The van der Waals surface area contributed by atoms with Gasteiger partial charge in [0, 0.05) is 29.9 Å². The topological polar surface area (TPSA) is 132 Å². The number of Topliss-reactive ketones (excluding diaryl/α,β-unsaturated/α-hetero) is 1. The highest BCUT2D eigenvalue weighted by Crippen LogP contribution is 2.43. The van der Waals surface area contributed by atoms with Crippen molar-refractivity contribution in [1.82, 2.24) is 20.5 Å². The largest absolute Gasteiger partial charge is 0.416 e. The molecule has 4 N–H and O–H groups in total. The van der Waals surface area contributed by atoms with Gasteiger partial charge < -0.3 is 25.6 Å². The highest BCUT2D eigenvalue weighted by atomic mass is 35.5. The van der Waals surface area contributed by atoms with Gasteiger partial charge in [0.25, 0.3) is 5.91 Å². The number of amides is 3. The molecule has 5 atom stereocenters. The number of carbonyl (C=O) groups is 4. The summed E-state index contributed by atoms with van der Waals surface area (Å²) in [5, 5.41) is 14.9. The third kappa shape index (κ3) is 5.23. The minimum atomic E-state index is -4.62.